The number of hydrogen-bond acceptors (Lipinski definition) is 3. The average Bonchev–Trinajstić information content (AvgIpc) is 2.42. The van der Waals surface area contributed by atoms with Gasteiger partial charge in [0.1, 0.15) is 5.41 Å². The largest absolute Gasteiger partial charge is 0.354 e. The summed E-state index contributed by atoms with van der Waals surface area (Å²) in [5.41, 5.74) is 1.67. The van der Waals surface area contributed by atoms with Crippen LogP contribution in [0.1, 0.15) is 25.0 Å². The van der Waals surface area contributed by atoms with Crippen molar-refractivity contribution in [1.82, 2.24) is 10.2 Å². The van der Waals surface area contributed by atoms with Crippen LogP contribution in [0.25, 0.3) is 0 Å². The van der Waals surface area contributed by atoms with Gasteiger partial charge < -0.3 is 15.5 Å². The van der Waals surface area contributed by atoms with Crippen LogP contribution in [0.5, 0.6) is 0 Å². The van der Waals surface area contributed by atoms with Crippen molar-refractivity contribution >= 4 is 17.5 Å². The molecule has 122 valence electrons. The summed E-state index contributed by atoms with van der Waals surface area (Å²) in [5, 5.41) is 5.67. The van der Waals surface area contributed by atoms with Crippen LogP contribution < -0.4 is 10.6 Å². The molecular formula is C17H27N3O2. The van der Waals surface area contributed by atoms with Crippen LogP contribution in [0.3, 0.4) is 0 Å². The molecule has 0 fully saturated rings. The van der Waals surface area contributed by atoms with Crippen molar-refractivity contribution in [3.05, 3.63) is 29.3 Å². The van der Waals surface area contributed by atoms with Crippen molar-refractivity contribution in [1.29, 1.82) is 0 Å². The van der Waals surface area contributed by atoms with Crippen molar-refractivity contribution in [3.63, 3.8) is 0 Å². The predicted octanol–water partition coefficient (Wildman–Crippen LogP) is 1.95. The number of benzene rings is 1. The lowest BCUT2D eigenvalue weighted by molar-refractivity contribution is -0.138. The SMILES string of the molecule is Cc1ccc(C)c(NC(=O)C(C)(C)C(=O)NCCN(C)C)c1. The Morgan fingerprint density at radius 1 is 1.14 bits per heavy atom. The monoisotopic (exact) mass is 305 g/mol. The second-order valence-electron chi connectivity index (χ2n) is 6.46. The van der Waals surface area contributed by atoms with Gasteiger partial charge in [0.15, 0.2) is 0 Å². The maximum Gasteiger partial charge on any atom is 0.239 e. The normalized spacial score (nSPS) is 11.4. The van der Waals surface area contributed by atoms with Gasteiger partial charge in [-0.2, -0.15) is 0 Å². The Kier molecular flexibility index (Phi) is 6.11. The number of hydrogen-bond donors (Lipinski definition) is 2. The topological polar surface area (TPSA) is 61.4 Å². The van der Waals surface area contributed by atoms with Gasteiger partial charge in [0.2, 0.25) is 11.8 Å². The molecule has 0 unspecified atom stereocenters. The Hall–Kier alpha value is -1.88. The smallest absolute Gasteiger partial charge is 0.239 e. The van der Waals surface area contributed by atoms with Gasteiger partial charge in [-0.15, -0.1) is 0 Å². The molecule has 0 heterocycles. The van der Waals surface area contributed by atoms with Crippen molar-refractivity contribution < 1.29 is 9.59 Å². The molecule has 0 bridgehead atoms. The minimum Gasteiger partial charge on any atom is -0.354 e. The Bertz CT molecular complexity index is 551. The van der Waals surface area contributed by atoms with Gasteiger partial charge in [-0.1, -0.05) is 12.1 Å². The molecule has 0 saturated heterocycles. The average molecular weight is 305 g/mol. The highest BCUT2D eigenvalue weighted by atomic mass is 16.2. The molecular weight excluding hydrogens is 278 g/mol. The lowest BCUT2D eigenvalue weighted by atomic mass is 9.90. The van der Waals surface area contributed by atoms with Gasteiger partial charge >= 0.3 is 0 Å². The predicted molar refractivity (Wildman–Crippen MR) is 89.9 cm³/mol. The molecule has 2 amide bonds. The third-order valence-electron chi connectivity index (χ3n) is 3.62. The van der Waals surface area contributed by atoms with Gasteiger partial charge in [0.25, 0.3) is 0 Å². The molecule has 0 aromatic heterocycles. The summed E-state index contributed by atoms with van der Waals surface area (Å²) in [6, 6.07) is 5.85. The fourth-order valence-electron chi connectivity index (χ4n) is 1.87. The summed E-state index contributed by atoms with van der Waals surface area (Å²) in [5.74, 6) is -0.569. The van der Waals surface area contributed by atoms with Crippen LogP contribution in [0.15, 0.2) is 18.2 Å². The molecule has 1 rings (SSSR count). The summed E-state index contributed by atoms with van der Waals surface area (Å²) in [6.45, 7) is 8.43. The van der Waals surface area contributed by atoms with Gasteiger partial charge in [0, 0.05) is 18.8 Å². The molecule has 2 N–H and O–H groups in total. The van der Waals surface area contributed by atoms with E-state index in [0.717, 1.165) is 23.4 Å². The second kappa shape index (κ2) is 7.40. The van der Waals surface area contributed by atoms with E-state index in [1.807, 2.05) is 51.0 Å². The molecule has 0 atom stereocenters. The maximum atomic E-state index is 12.5. The summed E-state index contributed by atoms with van der Waals surface area (Å²) < 4.78 is 0. The number of carbonyl (C=O) groups is 2. The molecule has 5 nitrogen and oxygen atoms in total. The number of carbonyl (C=O) groups excluding carboxylic acids is 2. The van der Waals surface area contributed by atoms with E-state index >= 15 is 0 Å². The first-order valence-corrected chi connectivity index (χ1v) is 7.46. The number of nitrogens with one attached hydrogen (secondary N) is 2. The molecule has 0 aliphatic rings. The highest BCUT2D eigenvalue weighted by molar-refractivity contribution is 6.10. The van der Waals surface area contributed by atoms with Gasteiger partial charge in [-0.05, 0) is 59.0 Å². The zero-order valence-electron chi connectivity index (χ0n) is 14.4. The van der Waals surface area contributed by atoms with Crippen LogP contribution >= 0.6 is 0 Å². The first kappa shape index (κ1) is 18.2. The molecule has 0 aliphatic heterocycles. The van der Waals surface area contributed by atoms with E-state index < -0.39 is 5.41 Å². The zero-order valence-corrected chi connectivity index (χ0v) is 14.4. The minimum absolute atomic E-state index is 0.267. The molecule has 5 heteroatoms. The van der Waals surface area contributed by atoms with Crippen LogP contribution in [0.2, 0.25) is 0 Å². The summed E-state index contributed by atoms with van der Waals surface area (Å²) in [7, 11) is 3.87. The van der Waals surface area contributed by atoms with E-state index in [4.69, 9.17) is 0 Å². The second-order valence-corrected chi connectivity index (χ2v) is 6.46. The van der Waals surface area contributed by atoms with Crippen LogP contribution in [0.4, 0.5) is 5.69 Å². The number of rotatable bonds is 6. The highest BCUT2D eigenvalue weighted by Crippen LogP contribution is 2.22. The number of aryl methyl sites for hydroxylation is 2. The van der Waals surface area contributed by atoms with Crippen molar-refractivity contribution in [3.8, 4) is 0 Å². The maximum absolute atomic E-state index is 12.5. The van der Waals surface area contributed by atoms with Crippen LogP contribution in [-0.2, 0) is 9.59 Å². The number of amides is 2. The van der Waals surface area contributed by atoms with E-state index in [1.165, 1.54) is 0 Å². The molecule has 1 aromatic rings. The van der Waals surface area contributed by atoms with Gasteiger partial charge in [0.05, 0.1) is 0 Å². The fraction of sp³-hybridized carbons (Fsp3) is 0.529. The Morgan fingerprint density at radius 3 is 2.36 bits per heavy atom. The molecule has 0 radical (unpaired) electrons. The quantitative estimate of drug-likeness (QED) is 0.790. The molecule has 0 spiro atoms. The molecule has 1 aromatic carbocycles. The van der Waals surface area contributed by atoms with Crippen LogP contribution in [0, 0.1) is 19.3 Å². The minimum atomic E-state index is -1.12. The van der Waals surface area contributed by atoms with E-state index in [2.05, 4.69) is 10.6 Å². The van der Waals surface area contributed by atoms with E-state index in [0.29, 0.717) is 6.54 Å². The number of anilines is 1. The standard InChI is InChI=1S/C17H27N3O2/c1-12-7-8-13(2)14(11-12)19-16(22)17(3,4)15(21)18-9-10-20(5)6/h7-8,11H,9-10H2,1-6H3,(H,18,21)(H,19,22). The fourth-order valence-corrected chi connectivity index (χ4v) is 1.87. The van der Waals surface area contributed by atoms with E-state index in [9.17, 15) is 9.59 Å². The Morgan fingerprint density at radius 2 is 1.77 bits per heavy atom. The Balaban J connectivity index is 2.73. The summed E-state index contributed by atoms with van der Waals surface area (Å²) >= 11 is 0. The van der Waals surface area contributed by atoms with Gasteiger partial charge in [-0.25, -0.2) is 0 Å². The Labute approximate surface area is 133 Å². The molecule has 0 saturated carbocycles. The van der Waals surface area contributed by atoms with E-state index in [1.54, 1.807) is 13.8 Å². The van der Waals surface area contributed by atoms with E-state index in [-0.39, 0.29) is 11.8 Å². The van der Waals surface area contributed by atoms with Crippen molar-refractivity contribution in [2.75, 3.05) is 32.5 Å². The third-order valence-corrected chi connectivity index (χ3v) is 3.62. The first-order valence-electron chi connectivity index (χ1n) is 7.46. The number of likely N-dealkylation sites (N-methyl/N-ethyl adjacent to an activating group) is 1. The number of nitrogens with zero attached hydrogens (tertiary/aromatic N) is 1. The summed E-state index contributed by atoms with van der Waals surface area (Å²) in [6.07, 6.45) is 0. The molecule has 22 heavy (non-hydrogen) atoms. The van der Waals surface area contributed by atoms with Gasteiger partial charge in [-0.3, -0.25) is 9.59 Å². The lowest BCUT2D eigenvalue weighted by Gasteiger charge is -2.24. The lowest BCUT2D eigenvalue weighted by Crippen LogP contribution is -2.46. The third kappa shape index (κ3) is 4.84. The van der Waals surface area contributed by atoms with Crippen molar-refractivity contribution in [2.24, 2.45) is 5.41 Å². The van der Waals surface area contributed by atoms with Crippen LogP contribution in [-0.4, -0.2) is 43.9 Å². The highest BCUT2D eigenvalue weighted by Gasteiger charge is 2.36. The molecule has 0 aliphatic carbocycles. The summed E-state index contributed by atoms with van der Waals surface area (Å²) in [4.78, 5) is 26.7. The van der Waals surface area contributed by atoms with Crippen molar-refractivity contribution in [2.45, 2.75) is 27.7 Å². The first-order chi connectivity index (χ1) is 10.1. The zero-order chi connectivity index (χ0) is 16.9.